The van der Waals surface area contributed by atoms with E-state index in [9.17, 15) is 18.0 Å². The number of aryl methyl sites for hydroxylation is 1. The number of amides is 1. The number of nitrogens with one attached hydrogen (secondary N) is 1. The number of piperidine rings is 1. The summed E-state index contributed by atoms with van der Waals surface area (Å²) in [6, 6.07) is 5.19. The highest BCUT2D eigenvalue weighted by atomic mass is 19.4. The summed E-state index contributed by atoms with van der Waals surface area (Å²) in [5, 5.41) is 10.8. The number of aliphatic imine (C=N–C) groups is 2. The number of hydrogen-bond acceptors (Lipinski definition) is 4. The second-order valence-electron chi connectivity index (χ2n) is 8.27. The zero-order valence-corrected chi connectivity index (χ0v) is 19.4. The van der Waals surface area contributed by atoms with Crippen molar-refractivity contribution in [3.05, 3.63) is 53.5 Å². The van der Waals surface area contributed by atoms with Gasteiger partial charge in [0.15, 0.2) is 0 Å². The second kappa shape index (κ2) is 10.6. The summed E-state index contributed by atoms with van der Waals surface area (Å²) in [5.41, 5.74) is 1.13. The number of guanidine groups is 1. The number of halogens is 3. The number of likely N-dealkylation sites (tertiary alicyclic amines) is 1. The normalized spacial score (nSPS) is 19.8. The minimum Gasteiger partial charge on any atom is -0.333 e. The fourth-order valence-corrected chi connectivity index (χ4v) is 3.94. The lowest BCUT2D eigenvalue weighted by molar-refractivity contribution is -0.0916. The first-order chi connectivity index (χ1) is 16.1. The Morgan fingerprint density at radius 2 is 2.03 bits per heavy atom. The maximum Gasteiger partial charge on any atom is 0.413 e. The molecule has 11 heteroatoms. The van der Waals surface area contributed by atoms with Gasteiger partial charge in [-0.25, -0.2) is 9.98 Å². The van der Waals surface area contributed by atoms with E-state index in [4.69, 9.17) is 0 Å². The first-order valence-electron chi connectivity index (χ1n) is 10.9. The van der Waals surface area contributed by atoms with Crippen molar-refractivity contribution in [3.8, 4) is 5.69 Å². The van der Waals surface area contributed by atoms with E-state index in [0.717, 1.165) is 31.5 Å². The molecule has 1 aliphatic rings. The molecule has 1 N–H and O–H groups in total. The minimum atomic E-state index is -4.45. The number of hydrogen-bond donors (Lipinski definition) is 1. The van der Waals surface area contributed by atoms with Gasteiger partial charge < -0.3 is 10.2 Å². The topological polar surface area (TPSA) is 87.8 Å². The van der Waals surface area contributed by atoms with E-state index < -0.39 is 11.7 Å². The molecule has 1 aromatic carbocycles. The molecule has 34 heavy (non-hydrogen) atoms. The molecule has 0 saturated carbocycles. The Bertz CT molecular complexity index is 1080. The van der Waals surface area contributed by atoms with Gasteiger partial charge in [0.1, 0.15) is 5.69 Å². The molecule has 0 aliphatic carbocycles. The van der Waals surface area contributed by atoms with Crippen molar-refractivity contribution < 1.29 is 18.0 Å². The van der Waals surface area contributed by atoms with Crippen molar-refractivity contribution in [2.75, 3.05) is 13.1 Å². The molecule has 1 aliphatic heterocycles. The largest absolute Gasteiger partial charge is 0.413 e. The Labute approximate surface area is 196 Å². The highest BCUT2D eigenvalue weighted by Crippen LogP contribution is 2.28. The van der Waals surface area contributed by atoms with Gasteiger partial charge in [-0.3, -0.25) is 4.79 Å². The first kappa shape index (κ1) is 25.1. The Morgan fingerprint density at radius 1 is 1.32 bits per heavy atom. The molecule has 3 rings (SSSR count). The summed E-state index contributed by atoms with van der Waals surface area (Å²) in [5.74, 6) is -0.0709. The Balaban J connectivity index is 1.86. The van der Waals surface area contributed by atoms with E-state index in [2.05, 4.69) is 32.2 Å². The zero-order valence-electron chi connectivity index (χ0n) is 19.4. The van der Waals surface area contributed by atoms with Crippen molar-refractivity contribution in [1.29, 1.82) is 0 Å². The van der Waals surface area contributed by atoms with Crippen LogP contribution >= 0.6 is 0 Å². The average molecular weight is 476 g/mol. The molecule has 2 aromatic rings. The average Bonchev–Trinajstić information content (AvgIpc) is 3.32. The van der Waals surface area contributed by atoms with Gasteiger partial charge in [0.2, 0.25) is 5.96 Å². The third kappa shape index (κ3) is 5.70. The summed E-state index contributed by atoms with van der Waals surface area (Å²) >= 11 is 0. The number of aromatic nitrogens is 3. The quantitative estimate of drug-likeness (QED) is 0.524. The fraction of sp³-hybridized carbons (Fsp3) is 0.435. The molecule has 1 saturated heterocycles. The molecule has 2 atom stereocenters. The van der Waals surface area contributed by atoms with Gasteiger partial charge in [0.25, 0.3) is 5.91 Å². The van der Waals surface area contributed by atoms with Gasteiger partial charge in [-0.1, -0.05) is 19.1 Å². The number of benzene rings is 1. The molecule has 8 nitrogen and oxygen atoms in total. The van der Waals surface area contributed by atoms with E-state index in [1.54, 1.807) is 23.4 Å². The fourth-order valence-electron chi connectivity index (χ4n) is 3.94. The third-order valence-electron chi connectivity index (χ3n) is 5.91. The van der Waals surface area contributed by atoms with Crippen molar-refractivity contribution in [3.63, 3.8) is 0 Å². The second-order valence-corrected chi connectivity index (χ2v) is 8.27. The van der Waals surface area contributed by atoms with Gasteiger partial charge in [-0.05, 0) is 51.0 Å². The predicted molar refractivity (Wildman–Crippen MR) is 124 cm³/mol. The van der Waals surface area contributed by atoms with Crippen LogP contribution < -0.4 is 5.32 Å². The molecule has 1 aromatic heterocycles. The molecule has 0 unspecified atom stereocenters. The van der Waals surface area contributed by atoms with Gasteiger partial charge in [0, 0.05) is 18.3 Å². The Kier molecular flexibility index (Phi) is 7.85. The highest BCUT2D eigenvalue weighted by molar-refractivity contribution is 5.98. The van der Waals surface area contributed by atoms with Crippen LogP contribution in [0.3, 0.4) is 0 Å². The minimum absolute atomic E-state index is 0.0363. The third-order valence-corrected chi connectivity index (χ3v) is 5.91. The SMILES string of the molecule is C=NC(=NC[C@@H]1[C@H](C)CCCN1C(=O)c1cccc(C)c1-n1nccn1)N/C=C(\C)C(F)(F)F. The zero-order chi connectivity index (χ0) is 24.9. The van der Waals surface area contributed by atoms with Crippen LogP contribution in [-0.4, -0.2) is 63.8 Å². The van der Waals surface area contributed by atoms with Crippen molar-refractivity contribution in [1.82, 2.24) is 25.2 Å². The summed E-state index contributed by atoms with van der Waals surface area (Å²) in [4.78, 5) is 24.9. The summed E-state index contributed by atoms with van der Waals surface area (Å²) < 4.78 is 38.2. The molecular weight excluding hydrogens is 447 g/mol. The molecule has 182 valence electrons. The van der Waals surface area contributed by atoms with Gasteiger partial charge >= 0.3 is 6.18 Å². The number of alkyl halides is 3. The maximum atomic E-state index is 13.7. The van der Waals surface area contributed by atoms with Crippen LogP contribution in [0.15, 0.2) is 52.4 Å². The highest BCUT2D eigenvalue weighted by Gasteiger charge is 2.34. The van der Waals surface area contributed by atoms with Crippen LogP contribution in [0.4, 0.5) is 13.2 Å². The Hall–Kier alpha value is -3.50. The van der Waals surface area contributed by atoms with E-state index in [1.165, 1.54) is 4.80 Å². The van der Waals surface area contributed by atoms with Crippen LogP contribution in [0.5, 0.6) is 0 Å². The molecule has 1 fully saturated rings. The maximum absolute atomic E-state index is 13.7. The smallest absolute Gasteiger partial charge is 0.333 e. The number of rotatable bonds is 5. The predicted octanol–water partition coefficient (Wildman–Crippen LogP) is 3.93. The van der Waals surface area contributed by atoms with Crippen LogP contribution in [0.1, 0.15) is 42.6 Å². The van der Waals surface area contributed by atoms with E-state index >= 15 is 0 Å². The molecule has 0 radical (unpaired) electrons. The van der Waals surface area contributed by atoms with Crippen LogP contribution in [-0.2, 0) is 0 Å². The molecular formula is C23H28F3N7O. The summed E-state index contributed by atoms with van der Waals surface area (Å²) in [6.45, 7) is 8.98. The van der Waals surface area contributed by atoms with Crippen LogP contribution in [0.2, 0.25) is 0 Å². The summed E-state index contributed by atoms with van der Waals surface area (Å²) in [6.07, 6.45) is 1.20. The van der Waals surface area contributed by atoms with E-state index in [-0.39, 0.29) is 30.4 Å². The van der Waals surface area contributed by atoms with E-state index in [0.29, 0.717) is 17.8 Å². The van der Waals surface area contributed by atoms with Gasteiger partial charge in [-0.15, -0.1) is 0 Å². The van der Waals surface area contributed by atoms with Gasteiger partial charge in [0.05, 0.1) is 30.5 Å². The monoisotopic (exact) mass is 475 g/mol. The molecule has 0 bridgehead atoms. The molecule has 0 spiro atoms. The van der Waals surface area contributed by atoms with E-state index in [1.807, 2.05) is 26.0 Å². The number of allylic oxidation sites excluding steroid dienone is 1. The van der Waals surface area contributed by atoms with Crippen molar-refractivity contribution in [2.24, 2.45) is 15.9 Å². The standard InChI is InChI=1S/C23H28F3N7O/c1-15-8-6-12-32(19(15)14-29-22(27-4)28-13-17(3)23(24,25)26)21(34)18-9-5-7-16(2)20(18)33-30-10-11-31-33/h5,7,9-11,13,15,19H,4,6,8,12,14H2,1-3H3,(H,28,29)/b17-13+/t15-,19-/m1/s1. The van der Waals surface area contributed by atoms with Gasteiger partial charge in [-0.2, -0.15) is 28.2 Å². The number of carbonyl (C=O) groups is 1. The van der Waals surface area contributed by atoms with Crippen LogP contribution in [0.25, 0.3) is 5.69 Å². The summed E-state index contributed by atoms with van der Waals surface area (Å²) in [7, 11) is 0. The Morgan fingerprint density at radius 3 is 2.68 bits per heavy atom. The first-order valence-corrected chi connectivity index (χ1v) is 10.9. The molecule has 1 amide bonds. The lowest BCUT2D eigenvalue weighted by atomic mass is 9.90. The van der Waals surface area contributed by atoms with Crippen molar-refractivity contribution >= 4 is 18.6 Å². The molecule has 2 heterocycles. The van der Waals surface area contributed by atoms with Crippen molar-refractivity contribution in [2.45, 2.75) is 45.8 Å². The number of para-hydroxylation sites is 1. The lowest BCUT2D eigenvalue weighted by Gasteiger charge is -2.39. The lowest BCUT2D eigenvalue weighted by Crippen LogP contribution is -2.49. The number of nitrogens with zero attached hydrogens (tertiary/aromatic N) is 6. The van der Waals surface area contributed by atoms with Crippen LogP contribution in [0, 0.1) is 12.8 Å². The number of carbonyl (C=O) groups excluding carboxylic acids is 1.